The third-order valence-corrected chi connectivity index (χ3v) is 2.89. The van der Waals surface area contributed by atoms with Crippen molar-refractivity contribution < 1.29 is 9.53 Å². The predicted octanol–water partition coefficient (Wildman–Crippen LogP) is 1.72. The van der Waals surface area contributed by atoms with E-state index in [1.165, 1.54) is 0 Å². The highest BCUT2D eigenvalue weighted by molar-refractivity contribution is 6.01. The van der Waals surface area contributed by atoms with Crippen molar-refractivity contribution in [2.24, 2.45) is 0 Å². The second-order valence-electron chi connectivity index (χ2n) is 4.55. The first-order chi connectivity index (χ1) is 9.70. The zero-order chi connectivity index (χ0) is 14.4. The molecule has 2 aromatic rings. The normalized spacial score (nSPS) is 10.7. The average molecular weight is 273 g/mol. The van der Waals surface area contributed by atoms with Crippen molar-refractivity contribution in [2.45, 2.75) is 6.92 Å². The summed E-state index contributed by atoms with van der Waals surface area (Å²) in [5, 5.41) is 6.88. The fraction of sp³-hybridized carbons (Fsp3) is 0.333. The number of para-hydroxylation sites is 1. The number of methoxy groups -OCH3 is 1. The summed E-state index contributed by atoms with van der Waals surface area (Å²) in [6, 6.07) is 9.65. The molecule has 5 heteroatoms. The van der Waals surface area contributed by atoms with Gasteiger partial charge < -0.3 is 15.4 Å². The Kier molecular flexibility index (Phi) is 5.03. The molecule has 1 aromatic carbocycles. The van der Waals surface area contributed by atoms with Gasteiger partial charge in [-0.2, -0.15) is 0 Å². The molecule has 0 aliphatic rings. The van der Waals surface area contributed by atoms with E-state index in [1.807, 2.05) is 37.3 Å². The summed E-state index contributed by atoms with van der Waals surface area (Å²) in [5.74, 6) is -0.0724. The smallest absolute Gasteiger partial charge is 0.238 e. The lowest BCUT2D eigenvalue weighted by Crippen LogP contribution is -2.30. The number of ether oxygens (including phenoxy) is 1. The highest BCUT2D eigenvalue weighted by Crippen LogP contribution is 2.22. The number of nitrogens with one attached hydrogen (secondary N) is 2. The van der Waals surface area contributed by atoms with Gasteiger partial charge in [-0.05, 0) is 19.1 Å². The topological polar surface area (TPSA) is 63.2 Å². The van der Waals surface area contributed by atoms with E-state index >= 15 is 0 Å². The lowest BCUT2D eigenvalue weighted by Gasteiger charge is -2.10. The summed E-state index contributed by atoms with van der Waals surface area (Å²) in [6.07, 6.45) is 0. The van der Waals surface area contributed by atoms with Gasteiger partial charge in [0.05, 0.1) is 24.4 Å². The van der Waals surface area contributed by atoms with Gasteiger partial charge in [0.25, 0.3) is 0 Å². The van der Waals surface area contributed by atoms with Crippen LogP contribution < -0.4 is 10.6 Å². The maximum atomic E-state index is 11.9. The average Bonchev–Trinajstić information content (AvgIpc) is 2.43. The predicted molar refractivity (Wildman–Crippen MR) is 79.9 cm³/mol. The molecule has 106 valence electrons. The Morgan fingerprint density at radius 3 is 2.95 bits per heavy atom. The number of aryl methyl sites for hydroxylation is 1. The second-order valence-corrected chi connectivity index (χ2v) is 4.55. The van der Waals surface area contributed by atoms with Gasteiger partial charge in [0.15, 0.2) is 0 Å². The van der Waals surface area contributed by atoms with Crippen LogP contribution >= 0.6 is 0 Å². The zero-order valence-electron chi connectivity index (χ0n) is 11.8. The maximum absolute atomic E-state index is 11.9. The summed E-state index contributed by atoms with van der Waals surface area (Å²) in [6.45, 7) is 3.42. The van der Waals surface area contributed by atoms with E-state index in [1.54, 1.807) is 7.11 Å². The monoisotopic (exact) mass is 273 g/mol. The number of carbonyl (C=O) groups is 1. The maximum Gasteiger partial charge on any atom is 0.238 e. The van der Waals surface area contributed by atoms with Crippen molar-refractivity contribution in [3.63, 3.8) is 0 Å². The first-order valence-electron chi connectivity index (χ1n) is 6.56. The highest BCUT2D eigenvalue weighted by Gasteiger charge is 2.07. The third-order valence-electron chi connectivity index (χ3n) is 2.89. The van der Waals surface area contributed by atoms with Crippen LogP contribution in [0.25, 0.3) is 10.9 Å². The molecule has 20 heavy (non-hydrogen) atoms. The fourth-order valence-electron chi connectivity index (χ4n) is 1.98. The van der Waals surface area contributed by atoms with E-state index in [2.05, 4.69) is 15.6 Å². The van der Waals surface area contributed by atoms with Crippen LogP contribution in [0.1, 0.15) is 5.69 Å². The lowest BCUT2D eigenvalue weighted by molar-refractivity contribution is -0.115. The van der Waals surface area contributed by atoms with Crippen LogP contribution in [-0.4, -0.2) is 37.7 Å². The lowest BCUT2D eigenvalue weighted by atomic mass is 10.1. The number of amides is 1. The number of benzene rings is 1. The Morgan fingerprint density at radius 2 is 2.15 bits per heavy atom. The molecule has 1 amide bonds. The molecule has 0 saturated heterocycles. The molecule has 0 aliphatic carbocycles. The molecule has 0 fully saturated rings. The van der Waals surface area contributed by atoms with Crippen LogP contribution in [0, 0.1) is 6.92 Å². The summed E-state index contributed by atoms with van der Waals surface area (Å²) >= 11 is 0. The molecule has 0 saturated carbocycles. The van der Waals surface area contributed by atoms with Gasteiger partial charge in [-0.3, -0.25) is 9.78 Å². The summed E-state index contributed by atoms with van der Waals surface area (Å²) in [5.41, 5.74) is 2.56. The van der Waals surface area contributed by atoms with Gasteiger partial charge in [-0.1, -0.05) is 18.2 Å². The minimum absolute atomic E-state index is 0.0724. The van der Waals surface area contributed by atoms with Gasteiger partial charge in [0.2, 0.25) is 5.91 Å². The van der Waals surface area contributed by atoms with Crippen molar-refractivity contribution in [1.82, 2.24) is 10.3 Å². The molecule has 0 atom stereocenters. The van der Waals surface area contributed by atoms with Crippen LogP contribution in [-0.2, 0) is 9.53 Å². The largest absolute Gasteiger partial charge is 0.383 e. The van der Waals surface area contributed by atoms with E-state index in [9.17, 15) is 4.79 Å². The molecule has 0 spiro atoms. The van der Waals surface area contributed by atoms with Crippen LogP contribution in [0.3, 0.4) is 0 Å². The number of anilines is 1. The minimum Gasteiger partial charge on any atom is -0.383 e. The quantitative estimate of drug-likeness (QED) is 0.787. The minimum atomic E-state index is -0.0724. The number of fused-ring (bicyclic) bond motifs is 1. The van der Waals surface area contributed by atoms with Crippen LogP contribution in [0.5, 0.6) is 0 Å². The first kappa shape index (κ1) is 14.4. The zero-order valence-corrected chi connectivity index (χ0v) is 11.8. The molecule has 0 aliphatic heterocycles. The Labute approximate surface area is 118 Å². The van der Waals surface area contributed by atoms with Gasteiger partial charge in [0, 0.05) is 24.7 Å². The summed E-state index contributed by atoms with van der Waals surface area (Å²) in [4.78, 5) is 16.3. The summed E-state index contributed by atoms with van der Waals surface area (Å²) in [7, 11) is 1.63. The number of carbonyl (C=O) groups excluding carboxylic acids is 1. The van der Waals surface area contributed by atoms with Crippen LogP contribution in [0.4, 0.5) is 5.69 Å². The number of nitrogens with zero attached hydrogens (tertiary/aromatic N) is 1. The van der Waals surface area contributed by atoms with E-state index in [0.717, 1.165) is 22.3 Å². The fourth-order valence-corrected chi connectivity index (χ4v) is 1.98. The van der Waals surface area contributed by atoms with Gasteiger partial charge in [0.1, 0.15) is 0 Å². The molecular formula is C15H19N3O2. The number of rotatable bonds is 6. The van der Waals surface area contributed by atoms with E-state index in [0.29, 0.717) is 13.2 Å². The van der Waals surface area contributed by atoms with Crippen molar-refractivity contribution in [3.8, 4) is 0 Å². The molecule has 0 bridgehead atoms. The number of pyridine rings is 1. The Morgan fingerprint density at radius 1 is 1.35 bits per heavy atom. The van der Waals surface area contributed by atoms with Crippen molar-refractivity contribution in [2.75, 3.05) is 32.1 Å². The van der Waals surface area contributed by atoms with Gasteiger partial charge >= 0.3 is 0 Å². The van der Waals surface area contributed by atoms with E-state index in [-0.39, 0.29) is 12.5 Å². The van der Waals surface area contributed by atoms with E-state index < -0.39 is 0 Å². The molecule has 1 heterocycles. The summed E-state index contributed by atoms with van der Waals surface area (Å²) < 4.78 is 4.91. The molecule has 2 rings (SSSR count). The Balaban J connectivity index is 2.07. The second kappa shape index (κ2) is 6.98. The molecule has 2 N–H and O–H groups in total. The first-order valence-corrected chi connectivity index (χ1v) is 6.56. The number of hydrogen-bond donors (Lipinski definition) is 2. The molecule has 5 nitrogen and oxygen atoms in total. The van der Waals surface area contributed by atoms with Gasteiger partial charge in [-0.25, -0.2) is 0 Å². The highest BCUT2D eigenvalue weighted by atomic mass is 16.5. The van der Waals surface area contributed by atoms with E-state index in [4.69, 9.17) is 4.74 Å². The Hall–Kier alpha value is -1.98. The Bertz CT molecular complexity index is 599. The molecule has 0 radical (unpaired) electrons. The van der Waals surface area contributed by atoms with Crippen LogP contribution in [0.2, 0.25) is 0 Å². The third kappa shape index (κ3) is 3.76. The SMILES string of the molecule is COCCNCC(=O)Nc1cc(C)nc2ccccc12. The molecular weight excluding hydrogens is 254 g/mol. The van der Waals surface area contributed by atoms with Crippen molar-refractivity contribution in [1.29, 1.82) is 0 Å². The standard InChI is InChI=1S/C15H19N3O2/c1-11-9-14(12-5-3-4-6-13(12)17-11)18-15(19)10-16-7-8-20-2/h3-6,9,16H,7-8,10H2,1-2H3,(H,17,18,19). The number of aromatic nitrogens is 1. The van der Waals surface area contributed by atoms with Gasteiger partial charge in [-0.15, -0.1) is 0 Å². The number of hydrogen-bond acceptors (Lipinski definition) is 4. The molecule has 1 aromatic heterocycles. The van der Waals surface area contributed by atoms with Crippen molar-refractivity contribution in [3.05, 3.63) is 36.0 Å². The van der Waals surface area contributed by atoms with Crippen molar-refractivity contribution >= 4 is 22.5 Å². The molecule has 0 unspecified atom stereocenters. The van der Waals surface area contributed by atoms with Crippen LogP contribution in [0.15, 0.2) is 30.3 Å².